The molecule has 3 aromatic rings. The molecule has 0 radical (unpaired) electrons. The Morgan fingerprint density at radius 3 is 2.62 bits per heavy atom. The third-order valence-electron chi connectivity index (χ3n) is 6.62. The van der Waals surface area contributed by atoms with E-state index in [1.54, 1.807) is 0 Å². The highest BCUT2D eigenvalue weighted by Crippen LogP contribution is 2.31. The number of hydrogen-bond acceptors (Lipinski definition) is 6. The normalized spacial score (nSPS) is 18.4. The van der Waals surface area contributed by atoms with E-state index in [1.165, 1.54) is 31.8 Å². The number of aromatic nitrogens is 4. The molecule has 1 saturated carbocycles. The smallest absolute Gasteiger partial charge is 0.247 e. The number of fused-ring (bicyclic) bond motifs is 1. The Hall–Kier alpha value is -3.26. The van der Waals surface area contributed by atoms with E-state index in [0.717, 1.165) is 29.1 Å². The van der Waals surface area contributed by atoms with Gasteiger partial charge in [0.25, 0.3) is 0 Å². The lowest BCUT2D eigenvalue weighted by Gasteiger charge is -2.32. The van der Waals surface area contributed by atoms with E-state index in [4.69, 9.17) is 9.97 Å². The summed E-state index contributed by atoms with van der Waals surface area (Å²) >= 11 is 0. The Kier molecular flexibility index (Phi) is 7.26. The first-order valence-electron chi connectivity index (χ1n) is 12.0. The minimum atomic E-state index is -0.247. The van der Waals surface area contributed by atoms with Crippen LogP contribution in [0.15, 0.2) is 43.2 Å². The molecule has 180 valence electrons. The molecule has 0 saturated heterocycles. The van der Waals surface area contributed by atoms with Crippen LogP contribution < -0.4 is 10.6 Å². The van der Waals surface area contributed by atoms with E-state index >= 15 is 0 Å². The fourth-order valence-corrected chi connectivity index (χ4v) is 4.65. The molecular weight excluding hydrogens is 426 g/mol. The molecule has 2 aromatic heterocycles. The van der Waals surface area contributed by atoms with Gasteiger partial charge in [-0.05, 0) is 83.8 Å². The molecule has 8 heteroatoms. The monoisotopic (exact) mass is 461 g/mol. The van der Waals surface area contributed by atoms with Gasteiger partial charge in [-0.2, -0.15) is 0 Å². The molecular formula is C26H35N7O. The highest BCUT2D eigenvalue weighted by atomic mass is 16.1. The maximum absolute atomic E-state index is 11.7. The predicted octanol–water partition coefficient (Wildman–Crippen LogP) is 4.94. The molecule has 4 rings (SSSR count). The topological polar surface area (TPSA) is 88.0 Å². The summed E-state index contributed by atoms with van der Waals surface area (Å²) in [7, 11) is 4.34. The van der Waals surface area contributed by atoms with Crippen molar-refractivity contribution in [1.29, 1.82) is 0 Å². The zero-order valence-electron chi connectivity index (χ0n) is 20.6. The van der Waals surface area contributed by atoms with Gasteiger partial charge in [0.15, 0.2) is 17.0 Å². The average molecular weight is 462 g/mol. The van der Waals surface area contributed by atoms with Gasteiger partial charge in [0.1, 0.15) is 5.82 Å². The van der Waals surface area contributed by atoms with E-state index < -0.39 is 0 Å². The summed E-state index contributed by atoms with van der Waals surface area (Å²) in [4.78, 5) is 28.5. The van der Waals surface area contributed by atoms with Crippen LogP contribution in [0, 0.1) is 5.92 Å². The number of benzene rings is 1. The van der Waals surface area contributed by atoms with Crippen LogP contribution in [-0.4, -0.2) is 50.5 Å². The molecule has 8 nitrogen and oxygen atoms in total. The number of anilines is 3. The van der Waals surface area contributed by atoms with Gasteiger partial charge in [0.2, 0.25) is 5.91 Å². The Morgan fingerprint density at radius 2 is 1.94 bits per heavy atom. The lowest BCUT2D eigenvalue weighted by Crippen LogP contribution is -2.32. The molecule has 1 aliphatic rings. The number of imidazole rings is 1. The van der Waals surface area contributed by atoms with Crippen molar-refractivity contribution >= 4 is 34.3 Å². The molecule has 0 unspecified atom stereocenters. The second kappa shape index (κ2) is 10.3. The molecule has 1 fully saturated rings. The predicted molar refractivity (Wildman–Crippen MR) is 137 cm³/mol. The molecule has 0 atom stereocenters. The summed E-state index contributed by atoms with van der Waals surface area (Å²) in [5, 5.41) is 6.22. The SMILES string of the molecule is C=CC(=O)Nc1cccc(Nc2nc(CC3CCC(N(C)C)CC3)nc3c2ncn3C(C)C)c1. The maximum atomic E-state index is 11.7. The van der Waals surface area contributed by atoms with Gasteiger partial charge < -0.3 is 20.1 Å². The van der Waals surface area contributed by atoms with Crippen molar-refractivity contribution in [2.75, 3.05) is 24.7 Å². The largest absolute Gasteiger partial charge is 0.338 e. The van der Waals surface area contributed by atoms with Crippen LogP contribution in [0.25, 0.3) is 11.2 Å². The third-order valence-corrected chi connectivity index (χ3v) is 6.62. The summed E-state index contributed by atoms with van der Waals surface area (Å²) in [6.07, 6.45) is 8.79. The van der Waals surface area contributed by atoms with Crippen LogP contribution in [0.2, 0.25) is 0 Å². The van der Waals surface area contributed by atoms with Gasteiger partial charge in [0.05, 0.1) is 6.33 Å². The maximum Gasteiger partial charge on any atom is 0.247 e. The van der Waals surface area contributed by atoms with Crippen molar-refractivity contribution in [3.8, 4) is 0 Å². The number of carbonyl (C=O) groups excluding carboxylic acids is 1. The van der Waals surface area contributed by atoms with Crippen LogP contribution in [-0.2, 0) is 11.2 Å². The van der Waals surface area contributed by atoms with Crippen molar-refractivity contribution in [2.45, 2.75) is 58.0 Å². The molecule has 2 heterocycles. The fraction of sp³-hybridized carbons (Fsp3) is 0.462. The van der Waals surface area contributed by atoms with Crippen molar-refractivity contribution in [3.63, 3.8) is 0 Å². The molecule has 1 aliphatic carbocycles. The molecule has 0 spiro atoms. The van der Waals surface area contributed by atoms with Crippen LogP contribution in [0.4, 0.5) is 17.2 Å². The Bertz CT molecular complexity index is 1160. The Labute approximate surface area is 201 Å². The van der Waals surface area contributed by atoms with Gasteiger partial charge >= 0.3 is 0 Å². The van der Waals surface area contributed by atoms with Gasteiger partial charge in [-0.3, -0.25) is 4.79 Å². The van der Waals surface area contributed by atoms with Crippen LogP contribution in [0.1, 0.15) is 51.4 Å². The van der Waals surface area contributed by atoms with Crippen LogP contribution in [0.5, 0.6) is 0 Å². The van der Waals surface area contributed by atoms with E-state index in [2.05, 4.69) is 59.6 Å². The summed E-state index contributed by atoms with van der Waals surface area (Å²) in [6, 6.07) is 8.46. The number of carbonyl (C=O) groups is 1. The zero-order valence-corrected chi connectivity index (χ0v) is 20.6. The van der Waals surface area contributed by atoms with E-state index in [9.17, 15) is 4.79 Å². The zero-order chi connectivity index (χ0) is 24.2. The lowest BCUT2D eigenvalue weighted by atomic mass is 9.83. The summed E-state index contributed by atoms with van der Waals surface area (Å²) in [6.45, 7) is 7.77. The number of nitrogens with zero attached hydrogens (tertiary/aromatic N) is 5. The third kappa shape index (κ3) is 5.44. The van der Waals surface area contributed by atoms with E-state index in [1.807, 2.05) is 30.6 Å². The van der Waals surface area contributed by atoms with E-state index in [-0.39, 0.29) is 11.9 Å². The van der Waals surface area contributed by atoms with Crippen molar-refractivity contribution in [3.05, 3.63) is 49.1 Å². The van der Waals surface area contributed by atoms with Gasteiger partial charge in [-0.15, -0.1) is 0 Å². The molecule has 1 amide bonds. The fourth-order valence-electron chi connectivity index (χ4n) is 4.65. The van der Waals surface area contributed by atoms with Gasteiger partial charge in [-0.1, -0.05) is 12.6 Å². The summed E-state index contributed by atoms with van der Waals surface area (Å²) < 4.78 is 2.09. The quantitative estimate of drug-likeness (QED) is 0.462. The molecule has 34 heavy (non-hydrogen) atoms. The van der Waals surface area contributed by atoms with Crippen molar-refractivity contribution < 1.29 is 4.79 Å². The molecule has 0 bridgehead atoms. The Balaban J connectivity index is 1.62. The van der Waals surface area contributed by atoms with Gasteiger partial charge in [-0.25, -0.2) is 15.0 Å². The number of amides is 1. The highest BCUT2D eigenvalue weighted by molar-refractivity contribution is 5.99. The number of nitrogens with one attached hydrogen (secondary N) is 2. The summed E-state index contributed by atoms with van der Waals surface area (Å²) in [5.41, 5.74) is 3.10. The molecule has 0 aliphatic heterocycles. The average Bonchev–Trinajstić information content (AvgIpc) is 3.24. The standard InChI is InChI=1S/C26H35N7O/c1-6-23(34)28-19-8-7-9-20(15-19)29-25-24-26(33(16-27-24)17(2)3)31-22(30-25)14-18-10-12-21(13-11-18)32(4)5/h6-9,15-18,21H,1,10-14H2,2-5H3,(H,28,34)(H,29,30,31). The number of rotatable bonds is 8. The van der Waals surface area contributed by atoms with Crippen molar-refractivity contribution in [1.82, 2.24) is 24.4 Å². The van der Waals surface area contributed by atoms with E-state index in [0.29, 0.717) is 23.5 Å². The highest BCUT2D eigenvalue weighted by Gasteiger charge is 2.24. The minimum Gasteiger partial charge on any atom is -0.338 e. The van der Waals surface area contributed by atoms with Gasteiger partial charge in [0, 0.05) is 29.9 Å². The second-order valence-corrected chi connectivity index (χ2v) is 9.65. The Morgan fingerprint density at radius 1 is 1.21 bits per heavy atom. The number of hydrogen-bond donors (Lipinski definition) is 2. The second-order valence-electron chi connectivity index (χ2n) is 9.65. The first-order valence-corrected chi connectivity index (χ1v) is 12.0. The minimum absolute atomic E-state index is 0.244. The molecule has 2 N–H and O–H groups in total. The lowest BCUT2D eigenvalue weighted by molar-refractivity contribution is -0.111. The first kappa shape index (κ1) is 23.9. The first-order chi connectivity index (χ1) is 16.3. The van der Waals surface area contributed by atoms with Crippen LogP contribution >= 0.6 is 0 Å². The summed E-state index contributed by atoms with van der Waals surface area (Å²) in [5.74, 6) is 1.88. The van der Waals surface area contributed by atoms with Crippen molar-refractivity contribution in [2.24, 2.45) is 5.92 Å². The van der Waals surface area contributed by atoms with Crippen LogP contribution in [0.3, 0.4) is 0 Å². The molecule has 1 aromatic carbocycles.